The molecule has 1 aromatic carbocycles. The summed E-state index contributed by atoms with van der Waals surface area (Å²) < 4.78 is 39.5. The van der Waals surface area contributed by atoms with Gasteiger partial charge in [-0.25, -0.2) is 4.98 Å². The molecule has 0 radical (unpaired) electrons. The average Bonchev–Trinajstić information content (AvgIpc) is 2.69. The second-order valence-electron chi connectivity index (χ2n) is 7.55. The lowest BCUT2D eigenvalue weighted by atomic mass is 9.99. The van der Waals surface area contributed by atoms with E-state index in [9.17, 15) is 18.0 Å². The normalized spacial score (nSPS) is 15.3. The number of amides is 1. The molecule has 30 heavy (non-hydrogen) atoms. The maximum atomic E-state index is 13.2. The van der Waals surface area contributed by atoms with Gasteiger partial charge in [-0.2, -0.15) is 13.2 Å². The molecule has 0 saturated carbocycles. The Labute approximate surface area is 183 Å². The van der Waals surface area contributed by atoms with Crippen molar-refractivity contribution in [2.45, 2.75) is 38.9 Å². The first kappa shape index (κ1) is 22.7. The Kier molecular flexibility index (Phi) is 7.14. The van der Waals surface area contributed by atoms with E-state index >= 15 is 0 Å². The van der Waals surface area contributed by atoms with Crippen molar-refractivity contribution in [3.63, 3.8) is 0 Å². The fourth-order valence-corrected chi connectivity index (χ4v) is 3.68. The van der Waals surface area contributed by atoms with Crippen LogP contribution >= 0.6 is 23.2 Å². The monoisotopic (exact) mass is 459 g/mol. The predicted molar refractivity (Wildman–Crippen MR) is 112 cm³/mol. The second-order valence-corrected chi connectivity index (χ2v) is 8.36. The van der Waals surface area contributed by atoms with E-state index in [1.54, 1.807) is 18.2 Å². The summed E-state index contributed by atoms with van der Waals surface area (Å²) in [6.07, 6.45) is -2.66. The lowest BCUT2D eigenvalue weighted by molar-refractivity contribution is -0.141. The molecule has 1 aromatic heterocycles. The van der Waals surface area contributed by atoms with E-state index < -0.39 is 11.9 Å². The third kappa shape index (κ3) is 5.79. The van der Waals surface area contributed by atoms with Crippen LogP contribution in [0, 0.1) is 5.92 Å². The Bertz CT molecular complexity index is 913. The molecule has 9 heteroatoms. The highest BCUT2D eigenvalue weighted by Crippen LogP contribution is 2.32. The molecular formula is C21H22Cl2F3N3O. The summed E-state index contributed by atoms with van der Waals surface area (Å²) in [4.78, 5) is 18.1. The number of pyridine rings is 1. The first-order valence-electron chi connectivity index (χ1n) is 9.66. The van der Waals surface area contributed by atoms with Crippen LogP contribution in [0.5, 0.6) is 0 Å². The number of rotatable bonds is 5. The lowest BCUT2D eigenvalue weighted by Crippen LogP contribution is -2.35. The van der Waals surface area contributed by atoms with E-state index in [-0.39, 0.29) is 24.7 Å². The average molecular weight is 460 g/mol. The maximum absolute atomic E-state index is 13.2. The van der Waals surface area contributed by atoms with Gasteiger partial charge in [0.25, 0.3) is 0 Å². The van der Waals surface area contributed by atoms with Crippen LogP contribution in [0.2, 0.25) is 10.0 Å². The van der Waals surface area contributed by atoms with Gasteiger partial charge in [0.15, 0.2) is 0 Å². The molecular weight excluding hydrogens is 438 g/mol. The van der Waals surface area contributed by atoms with Gasteiger partial charge in [-0.1, -0.05) is 42.3 Å². The SMILES string of the molecule is CC1CCN(c2nc(C(F)(F)F)ccc2CNC(=O)Cc2ccc(Cl)c(Cl)c2)CC1. The Morgan fingerprint density at radius 3 is 2.50 bits per heavy atom. The first-order valence-corrected chi connectivity index (χ1v) is 10.4. The summed E-state index contributed by atoms with van der Waals surface area (Å²) in [6, 6.07) is 7.28. The standard InChI is InChI=1S/C21H22Cl2F3N3O/c1-13-6-8-29(9-7-13)20-15(3-5-18(28-20)21(24,25)26)12-27-19(30)11-14-2-4-16(22)17(23)10-14/h2-5,10,13H,6-9,11-12H2,1H3,(H,27,30). The van der Waals surface area contributed by atoms with E-state index in [0.29, 0.717) is 40.2 Å². The first-order chi connectivity index (χ1) is 14.1. The Balaban J connectivity index is 1.73. The van der Waals surface area contributed by atoms with E-state index in [0.717, 1.165) is 18.9 Å². The van der Waals surface area contributed by atoms with Gasteiger partial charge in [0, 0.05) is 25.2 Å². The van der Waals surface area contributed by atoms with Crippen LogP contribution in [-0.2, 0) is 23.9 Å². The molecule has 2 aromatic rings. The highest BCUT2D eigenvalue weighted by molar-refractivity contribution is 6.42. The van der Waals surface area contributed by atoms with Gasteiger partial charge in [-0.05, 0) is 42.5 Å². The summed E-state index contributed by atoms with van der Waals surface area (Å²) in [5.74, 6) is 0.541. The van der Waals surface area contributed by atoms with Crippen LogP contribution in [0.25, 0.3) is 0 Å². The Morgan fingerprint density at radius 2 is 1.87 bits per heavy atom. The number of alkyl halides is 3. The number of carbonyl (C=O) groups is 1. The van der Waals surface area contributed by atoms with Crippen molar-refractivity contribution >= 4 is 34.9 Å². The van der Waals surface area contributed by atoms with Gasteiger partial charge in [-0.3, -0.25) is 4.79 Å². The summed E-state index contributed by atoms with van der Waals surface area (Å²) in [5, 5.41) is 3.52. The van der Waals surface area contributed by atoms with E-state index in [4.69, 9.17) is 23.2 Å². The topological polar surface area (TPSA) is 45.2 Å². The van der Waals surface area contributed by atoms with Crippen molar-refractivity contribution in [3.8, 4) is 0 Å². The molecule has 2 heterocycles. The third-order valence-electron chi connectivity index (χ3n) is 5.15. The maximum Gasteiger partial charge on any atom is 0.433 e. The number of nitrogens with one attached hydrogen (secondary N) is 1. The molecule has 1 amide bonds. The molecule has 1 aliphatic rings. The third-order valence-corrected chi connectivity index (χ3v) is 5.89. The van der Waals surface area contributed by atoms with Crippen molar-refractivity contribution < 1.29 is 18.0 Å². The number of carbonyl (C=O) groups excluding carboxylic acids is 1. The van der Waals surface area contributed by atoms with Gasteiger partial charge in [0.2, 0.25) is 5.91 Å². The number of hydrogen-bond donors (Lipinski definition) is 1. The van der Waals surface area contributed by atoms with Gasteiger partial charge in [0.1, 0.15) is 11.5 Å². The highest BCUT2D eigenvalue weighted by atomic mass is 35.5. The van der Waals surface area contributed by atoms with Crippen LogP contribution in [-0.4, -0.2) is 24.0 Å². The molecule has 1 saturated heterocycles. The number of nitrogens with zero attached hydrogens (tertiary/aromatic N) is 2. The van der Waals surface area contributed by atoms with E-state index in [1.807, 2.05) is 4.90 Å². The summed E-state index contributed by atoms with van der Waals surface area (Å²) >= 11 is 11.8. The molecule has 0 atom stereocenters. The molecule has 0 spiro atoms. The van der Waals surface area contributed by atoms with Crippen molar-refractivity contribution in [3.05, 3.63) is 57.2 Å². The molecule has 0 unspecified atom stereocenters. The van der Waals surface area contributed by atoms with Crippen LogP contribution in [0.1, 0.15) is 36.6 Å². The zero-order chi connectivity index (χ0) is 21.9. The van der Waals surface area contributed by atoms with Crippen LogP contribution in [0.15, 0.2) is 30.3 Å². The van der Waals surface area contributed by atoms with E-state index in [1.165, 1.54) is 6.07 Å². The van der Waals surface area contributed by atoms with Crippen molar-refractivity contribution in [1.82, 2.24) is 10.3 Å². The van der Waals surface area contributed by atoms with Gasteiger partial charge < -0.3 is 10.2 Å². The molecule has 1 aliphatic heterocycles. The van der Waals surface area contributed by atoms with Crippen molar-refractivity contribution in [1.29, 1.82) is 0 Å². The molecule has 4 nitrogen and oxygen atoms in total. The number of piperidine rings is 1. The van der Waals surface area contributed by atoms with Gasteiger partial charge in [-0.15, -0.1) is 0 Å². The number of anilines is 1. The fourth-order valence-electron chi connectivity index (χ4n) is 3.36. The minimum Gasteiger partial charge on any atom is -0.356 e. The Morgan fingerprint density at radius 1 is 1.17 bits per heavy atom. The minimum atomic E-state index is -4.52. The van der Waals surface area contributed by atoms with Crippen LogP contribution < -0.4 is 10.2 Å². The molecule has 1 fully saturated rings. The highest BCUT2D eigenvalue weighted by Gasteiger charge is 2.34. The minimum absolute atomic E-state index is 0.0848. The van der Waals surface area contributed by atoms with Crippen molar-refractivity contribution in [2.24, 2.45) is 5.92 Å². The summed E-state index contributed by atoms with van der Waals surface area (Å²) in [5.41, 5.74) is 0.319. The zero-order valence-electron chi connectivity index (χ0n) is 16.4. The quantitative estimate of drug-likeness (QED) is 0.641. The second kappa shape index (κ2) is 9.43. The van der Waals surface area contributed by atoms with Crippen LogP contribution in [0.3, 0.4) is 0 Å². The molecule has 3 rings (SSSR count). The summed E-state index contributed by atoms with van der Waals surface area (Å²) in [7, 11) is 0. The fraction of sp³-hybridized carbons (Fsp3) is 0.429. The number of benzene rings is 1. The van der Waals surface area contributed by atoms with Gasteiger partial charge in [0.05, 0.1) is 16.5 Å². The predicted octanol–water partition coefficient (Wildman–Crippen LogP) is 5.50. The van der Waals surface area contributed by atoms with E-state index in [2.05, 4.69) is 17.2 Å². The molecule has 0 bridgehead atoms. The smallest absolute Gasteiger partial charge is 0.356 e. The summed E-state index contributed by atoms with van der Waals surface area (Å²) in [6.45, 7) is 3.49. The lowest BCUT2D eigenvalue weighted by Gasteiger charge is -2.33. The molecule has 162 valence electrons. The largest absolute Gasteiger partial charge is 0.433 e. The van der Waals surface area contributed by atoms with Crippen molar-refractivity contribution in [2.75, 3.05) is 18.0 Å². The van der Waals surface area contributed by atoms with Crippen LogP contribution in [0.4, 0.5) is 19.0 Å². The number of aromatic nitrogens is 1. The zero-order valence-corrected chi connectivity index (χ0v) is 17.9. The number of halogens is 5. The molecule has 0 aliphatic carbocycles. The number of hydrogen-bond acceptors (Lipinski definition) is 3. The Hall–Kier alpha value is -1.99. The van der Waals surface area contributed by atoms with Gasteiger partial charge >= 0.3 is 6.18 Å². The molecule has 1 N–H and O–H groups in total.